The smallest absolute Gasteiger partial charge is 0.220 e. The molecule has 0 bridgehead atoms. The van der Waals surface area contributed by atoms with Crippen LogP contribution in [0.15, 0.2) is 0 Å². The van der Waals surface area contributed by atoms with Gasteiger partial charge in [-0.1, -0.05) is 25.7 Å². The molecule has 0 radical (unpaired) electrons. The van der Waals surface area contributed by atoms with Crippen LogP contribution in [0.3, 0.4) is 0 Å². The minimum Gasteiger partial charge on any atom is -0.356 e. The van der Waals surface area contributed by atoms with E-state index in [9.17, 15) is 4.79 Å². The van der Waals surface area contributed by atoms with Gasteiger partial charge >= 0.3 is 0 Å². The zero-order valence-corrected chi connectivity index (χ0v) is 11.5. The molecule has 0 aromatic heterocycles. The quantitative estimate of drug-likeness (QED) is 0.790. The van der Waals surface area contributed by atoms with Gasteiger partial charge in [0, 0.05) is 19.0 Å². The highest BCUT2D eigenvalue weighted by molar-refractivity contribution is 5.75. The summed E-state index contributed by atoms with van der Waals surface area (Å²) in [5.74, 6) is 1.68. The summed E-state index contributed by atoms with van der Waals surface area (Å²) in [6.07, 6.45) is 11.8. The Morgan fingerprint density at radius 2 is 1.78 bits per heavy atom. The lowest BCUT2D eigenvalue weighted by Crippen LogP contribution is -2.30. The van der Waals surface area contributed by atoms with Crippen LogP contribution >= 0.6 is 0 Å². The Balaban J connectivity index is 1.56. The first kappa shape index (κ1) is 13.9. The van der Waals surface area contributed by atoms with Gasteiger partial charge in [0.15, 0.2) is 0 Å². The molecular formula is C15H28N2O. The third-order valence-corrected chi connectivity index (χ3v) is 4.67. The van der Waals surface area contributed by atoms with E-state index in [-0.39, 0.29) is 5.91 Å². The molecule has 3 N–H and O–H groups in total. The van der Waals surface area contributed by atoms with Crippen molar-refractivity contribution in [2.24, 2.45) is 17.6 Å². The predicted molar refractivity (Wildman–Crippen MR) is 74.1 cm³/mol. The summed E-state index contributed by atoms with van der Waals surface area (Å²) in [7, 11) is 0. The number of nitrogens with two attached hydrogens (primary N) is 1. The van der Waals surface area contributed by atoms with Crippen LogP contribution in [0.2, 0.25) is 0 Å². The second kappa shape index (κ2) is 7.13. The molecule has 2 aliphatic carbocycles. The van der Waals surface area contributed by atoms with Gasteiger partial charge < -0.3 is 11.1 Å². The fourth-order valence-electron chi connectivity index (χ4n) is 3.49. The van der Waals surface area contributed by atoms with Gasteiger partial charge in [0.2, 0.25) is 5.91 Å². The van der Waals surface area contributed by atoms with Crippen molar-refractivity contribution < 1.29 is 4.79 Å². The average molecular weight is 252 g/mol. The Bertz CT molecular complexity index is 261. The maximum absolute atomic E-state index is 11.8. The molecule has 2 fully saturated rings. The molecule has 3 nitrogen and oxygen atoms in total. The Hall–Kier alpha value is -0.570. The van der Waals surface area contributed by atoms with Gasteiger partial charge in [0.25, 0.3) is 0 Å². The first-order valence-corrected chi connectivity index (χ1v) is 7.76. The number of rotatable bonds is 5. The molecule has 0 aromatic rings. The topological polar surface area (TPSA) is 55.1 Å². The molecule has 2 saturated carbocycles. The second-order valence-corrected chi connectivity index (χ2v) is 6.29. The third-order valence-electron chi connectivity index (χ3n) is 4.67. The van der Waals surface area contributed by atoms with E-state index >= 15 is 0 Å². The zero-order chi connectivity index (χ0) is 12.8. The number of nitrogens with one attached hydrogen (secondary N) is 1. The van der Waals surface area contributed by atoms with Crippen LogP contribution < -0.4 is 11.1 Å². The number of hydrogen-bond acceptors (Lipinski definition) is 2. The van der Waals surface area contributed by atoms with Crippen molar-refractivity contribution in [3.63, 3.8) is 0 Å². The van der Waals surface area contributed by atoms with Crippen LogP contribution in [0.25, 0.3) is 0 Å². The van der Waals surface area contributed by atoms with Gasteiger partial charge in [-0.3, -0.25) is 4.79 Å². The number of amides is 1. The molecule has 104 valence electrons. The van der Waals surface area contributed by atoms with Gasteiger partial charge in [-0.25, -0.2) is 0 Å². The molecule has 0 heterocycles. The zero-order valence-electron chi connectivity index (χ0n) is 11.5. The van der Waals surface area contributed by atoms with Crippen LogP contribution in [0, 0.1) is 11.8 Å². The maximum atomic E-state index is 11.8. The number of hydrogen-bond donors (Lipinski definition) is 2. The molecular weight excluding hydrogens is 224 g/mol. The normalized spacial score (nSPS) is 29.4. The molecule has 3 heteroatoms. The maximum Gasteiger partial charge on any atom is 0.220 e. The summed E-state index contributed by atoms with van der Waals surface area (Å²) >= 11 is 0. The fraction of sp³-hybridized carbons (Fsp3) is 0.933. The summed E-state index contributed by atoms with van der Waals surface area (Å²) in [5.41, 5.74) is 5.97. The molecule has 0 aliphatic heterocycles. The van der Waals surface area contributed by atoms with Gasteiger partial charge in [0.1, 0.15) is 0 Å². The Kier molecular flexibility index (Phi) is 5.48. The predicted octanol–water partition coefficient (Wildman–Crippen LogP) is 2.59. The largest absolute Gasteiger partial charge is 0.356 e. The van der Waals surface area contributed by atoms with Crippen molar-refractivity contribution >= 4 is 5.91 Å². The molecule has 18 heavy (non-hydrogen) atoms. The van der Waals surface area contributed by atoms with Crippen LogP contribution in [-0.4, -0.2) is 18.5 Å². The lowest BCUT2D eigenvalue weighted by atomic mass is 9.83. The van der Waals surface area contributed by atoms with Crippen LogP contribution in [0.5, 0.6) is 0 Å². The third kappa shape index (κ3) is 4.60. The molecule has 2 unspecified atom stereocenters. The van der Waals surface area contributed by atoms with E-state index in [2.05, 4.69) is 5.32 Å². The minimum atomic E-state index is 0.251. The molecule has 2 rings (SSSR count). The van der Waals surface area contributed by atoms with E-state index in [0.29, 0.717) is 18.4 Å². The molecule has 0 aromatic carbocycles. The van der Waals surface area contributed by atoms with E-state index < -0.39 is 0 Å². The fourth-order valence-corrected chi connectivity index (χ4v) is 3.49. The lowest BCUT2D eigenvalue weighted by Gasteiger charge is -2.26. The lowest BCUT2D eigenvalue weighted by molar-refractivity contribution is -0.121. The molecule has 2 aliphatic rings. The van der Waals surface area contributed by atoms with Crippen molar-refractivity contribution in [2.75, 3.05) is 6.54 Å². The van der Waals surface area contributed by atoms with Gasteiger partial charge in [-0.15, -0.1) is 0 Å². The SMILES string of the molecule is NC1CCCC(CCC(=O)NCC2CCCC2)C1. The highest BCUT2D eigenvalue weighted by Gasteiger charge is 2.20. The summed E-state index contributed by atoms with van der Waals surface area (Å²) in [6.45, 7) is 0.906. The Morgan fingerprint density at radius 1 is 1.06 bits per heavy atom. The minimum absolute atomic E-state index is 0.251. The Labute approximate surface area is 111 Å². The summed E-state index contributed by atoms with van der Waals surface area (Å²) < 4.78 is 0. The number of carbonyl (C=O) groups excluding carboxylic acids is 1. The molecule has 2 atom stereocenters. The van der Waals surface area contributed by atoms with E-state index in [1.54, 1.807) is 0 Å². The standard InChI is InChI=1S/C15H28N2O/c16-14-7-3-6-12(10-14)8-9-15(18)17-11-13-4-1-2-5-13/h12-14H,1-11,16H2,(H,17,18). The number of carbonyl (C=O) groups is 1. The van der Waals surface area contributed by atoms with Crippen molar-refractivity contribution in [1.29, 1.82) is 0 Å². The van der Waals surface area contributed by atoms with Crippen molar-refractivity contribution in [1.82, 2.24) is 5.32 Å². The summed E-state index contributed by atoms with van der Waals surface area (Å²) in [6, 6.07) is 0.380. The highest BCUT2D eigenvalue weighted by Crippen LogP contribution is 2.27. The van der Waals surface area contributed by atoms with Gasteiger partial charge in [-0.05, 0) is 43.9 Å². The van der Waals surface area contributed by atoms with Gasteiger partial charge in [-0.2, -0.15) is 0 Å². The van der Waals surface area contributed by atoms with E-state index in [4.69, 9.17) is 5.73 Å². The highest BCUT2D eigenvalue weighted by atomic mass is 16.1. The van der Waals surface area contributed by atoms with Crippen molar-refractivity contribution in [3.8, 4) is 0 Å². The van der Waals surface area contributed by atoms with E-state index in [0.717, 1.165) is 25.3 Å². The molecule has 0 saturated heterocycles. The second-order valence-electron chi connectivity index (χ2n) is 6.29. The summed E-state index contributed by atoms with van der Waals surface area (Å²) in [4.78, 5) is 11.8. The average Bonchev–Trinajstić information content (AvgIpc) is 2.87. The summed E-state index contributed by atoms with van der Waals surface area (Å²) in [5, 5.41) is 3.11. The first-order chi connectivity index (χ1) is 8.74. The van der Waals surface area contributed by atoms with Crippen LogP contribution in [0.4, 0.5) is 0 Å². The first-order valence-electron chi connectivity index (χ1n) is 7.76. The molecule has 0 spiro atoms. The van der Waals surface area contributed by atoms with E-state index in [1.165, 1.54) is 44.9 Å². The van der Waals surface area contributed by atoms with Crippen molar-refractivity contribution in [2.45, 2.75) is 70.3 Å². The monoisotopic (exact) mass is 252 g/mol. The van der Waals surface area contributed by atoms with Gasteiger partial charge in [0.05, 0.1) is 0 Å². The van der Waals surface area contributed by atoms with Crippen LogP contribution in [-0.2, 0) is 4.79 Å². The van der Waals surface area contributed by atoms with Crippen LogP contribution in [0.1, 0.15) is 64.2 Å². The Morgan fingerprint density at radius 3 is 2.50 bits per heavy atom. The van der Waals surface area contributed by atoms with E-state index in [1.807, 2.05) is 0 Å². The van der Waals surface area contributed by atoms with Crippen molar-refractivity contribution in [3.05, 3.63) is 0 Å². The molecule has 1 amide bonds.